The highest BCUT2D eigenvalue weighted by molar-refractivity contribution is 5.85. The lowest BCUT2D eigenvalue weighted by Gasteiger charge is -2.29. The van der Waals surface area contributed by atoms with Gasteiger partial charge in [0, 0.05) is 30.0 Å². The molecule has 4 heteroatoms. The number of nitrogens with two attached hydrogens (primary N) is 1. The van der Waals surface area contributed by atoms with E-state index in [9.17, 15) is 4.79 Å². The predicted octanol–water partition coefficient (Wildman–Crippen LogP) is 1.91. The molecular formula is C14H23N3O. The number of anilines is 2. The van der Waals surface area contributed by atoms with Crippen molar-refractivity contribution in [2.75, 3.05) is 37.8 Å². The monoisotopic (exact) mass is 249 g/mol. The van der Waals surface area contributed by atoms with Gasteiger partial charge in [-0.15, -0.1) is 0 Å². The Morgan fingerprint density at radius 2 is 1.83 bits per heavy atom. The van der Waals surface area contributed by atoms with Crippen LogP contribution >= 0.6 is 0 Å². The Morgan fingerprint density at radius 1 is 1.22 bits per heavy atom. The zero-order valence-electron chi connectivity index (χ0n) is 11.3. The normalized spacial score (nSPS) is 14.7. The molecule has 0 atom stereocenters. The third kappa shape index (κ3) is 4.04. The van der Waals surface area contributed by atoms with E-state index in [0.717, 1.165) is 25.1 Å². The van der Waals surface area contributed by atoms with Crippen LogP contribution in [-0.2, 0) is 0 Å². The van der Waals surface area contributed by atoms with Crippen LogP contribution in [-0.4, -0.2) is 33.5 Å². The molecule has 1 aromatic rings. The van der Waals surface area contributed by atoms with E-state index >= 15 is 0 Å². The smallest absolute Gasteiger partial charge is 0.152 e. The molecule has 0 aromatic heterocycles. The van der Waals surface area contributed by atoms with Gasteiger partial charge in [0.1, 0.15) is 0 Å². The van der Waals surface area contributed by atoms with Gasteiger partial charge in [0.15, 0.2) is 6.29 Å². The zero-order valence-corrected chi connectivity index (χ0v) is 11.3. The maximum absolute atomic E-state index is 10.8. The van der Waals surface area contributed by atoms with Gasteiger partial charge >= 0.3 is 0 Å². The van der Waals surface area contributed by atoms with E-state index in [1.807, 2.05) is 32.3 Å². The largest absolute Gasteiger partial charge is 0.398 e. The number of hydrogen-bond acceptors (Lipinski definition) is 4. The van der Waals surface area contributed by atoms with Crippen molar-refractivity contribution in [2.45, 2.75) is 19.3 Å². The molecule has 0 bridgehead atoms. The van der Waals surface area contributed by atoms with E-state index in [-0.39, 0.29) is 0 Å². The summed E-state index contributed by atoms with van der Waals surface area (Å²) >= 11 is 0. The van der Waals surface area contributed by atoms with Crippen LogP contribution in [0.2, 0.25) is 0 Å². The Hall–Kier alpha value is -1.55. The van der Waals surface area contributed by atoms with Gasteiger partial charge in [-0.05, 0) is 51.6 Å². The van der Waals surface area contributed by atoms with Crippen LogP contribution in [0.4, 0.5) is 11.4 Å². The van der Waals surface area contributed by atoms with Crippen molar-refractivity contribution in [3.8, 4) is 0 Å². The molecule has 4 nitrogen and oxygen atoms in total. The number of aldehydes is 1. The fraction of sp³-hybridized carbons (Fsp3) is 0.500. The SMILES string of the molecule is CNC.Nc1ccc(N2CCCCC2)cc1C=O. The average molecular weight is 249 g/mol. The number of nitrogens with zero attached hydrogens (tertiary/aromatic N) is 1. The molecule has 0 unspecified atom stereocenters. The maximum atomic E-state index is 10.8. The summed E-state index contributed by atoms with van der Waals surface area (Å²) in [6.07, 6.45) is 4.61. The zero-order chi connectivity index (χ0) is 13.4. The van der Waals surface area contributed by atoms with E-state index < -0.39 is 0 Å². The molecule has 2 rings (SSSR count). The van der Waals surface area contributed by atoms with Gasteiger partial charge in [-0.3, -0.25) is 4.79 Å². The van der Waals surface area contributed by atoms with E-state index in [1.54, 1.807) is 0 Å². The molecule has 1 saturated heterocycles. The lowest BCUT2D eigenvalue weighted by Crippen LogP contribution is -2.29. The number of carbonyl (C=O) groups is 1. The molecule has 0 saturated carbocycles. The molecule has 1 aliphatic rings. The Bertz CT molecular complexity index is 373. The minimum atomic E-state index is 0.561. The van der Waals surface area contributed by atoms with Crippen molar-refractivity contribution < 1.29 is 4.79 Å². The van der Waals surface area contributed by atoms with E-state index in [1.165, 1.54) is 19.3 Å². The van der Waals surface area contributed by atoms with Crippen LogP contribution in [0.15, 0.2) is 18.2 Å². The lowest BCUT2D eigenvalue weighted by atomic mass is 10.1. The Balaban J connectivity index is 0.000000492. The molecule has 1 fully saturated rings. The van der Waals surface area contributed by atoms with E-state index in [4.69, 9.17) is 5.73 Å². The van der Waals surface area contributed by atoms with Gasteiger partial charge in [0.25, 0.3) is 0 Å². The van der Waals surface area contributed by atoms with Crippen molar-refractivity contribution in [1.82, 2.24) is 5.32 Å². The van der Waals surface area contributed by atoms with Crippen molar-refractivity contribution in [3.05, 3.63) is 23.8 Å². The maximum Gasteiger partial charge on any atom is 0.152 e. The summed E-state index contributed by atoms with van der Waals surface area (Å²) in [6.45, 7) is 2.17. The standard InChI is InChI=1S/C12H16N2O.C2H7N/c13-12-5-4-11(8-10(12)9-15)14-6-2-1-3-7-14;1-3-2/h4-5,8-9H,1-3,6-7,13H2;3H,1-2H3. The molecule has 100 valence electrons. The first-order valence-electron chi connectivity index (χ1n) is 6.41. The van der Waals surface area contributed by atoms with Gasteiger partial charge in [-0.2, -0.15) is 0 Å². The summed E-state index contributed by atoms with van der Waals surface area (Å²) in [7, 11) is 3.75. The average Bonchev–Trinajstić information content (AvgIpc) is 2.41. The molecule has 1 heterocycles. The molecule has 3 N–H and O–H groups in total. The second-order valence-electron chi connectivity index (χ2n) is 4.48. The summed E-state index contributed by atoms with van der Waals surface area (Å²) in [5.74, 6) is 0. The first-order chi connectivity index (χ1) is 8.72. The quantitative estimate of drug-likeness (QED) is 0.621. The minimum absolute atomic E-state index is 0.561. The fourth-order valence-corrected chi connectivity index (χ4v) is 2.01. The van der Waals surface area contributed by atoms with E-state index in [0.29, 0.717) is 11.3 Å². The highest BCUT2D eigenvalue weighted by Crippen LogP contribution is 2.23. The molecule has 0 radical (unpaired) electrons. The second-order valence-corrected chi connectivity index (χ2v) is 4.48. The Morgan fingerprint density at radius 3 is 2.39 bits per heavy atom. The topological polar surface area (TPSA) is 58.4 Å². The summed E-state index contributed by atoms with van der Waals surface area (Å²) in [5.41, 5.74) is 7.95. The lowest BCUT2D eigenvalue weighted by molar-refractivity contribution is 0.112. The van der Waals surface area contributed by atoms with E-state index in [2.05, 4.69) is 10.2 Å². The number of benzene rings is 1. The molecule has 0 aliphatic carbocycles. The molecular weight excluding hydrogens is 226 g/mol. The molecule has 18 heavy (non-hydrogen) atoms. The van der Waals surface area contributed by atoms with Gasteiger partial charge in [0.05, 0.1) is 0 Å². The van der Waals surface area contributed by atoms with Gasteiger partial charge in [0.2, 0.25) is 0 Å². The predicted molar refractivity (Wildman–Crippen MR) is 77.3 cm³/mol. The highest BCUT2D eigenvalue weighted by Gasteiger charge is 2.11. The molecule has 0 spiro atoms. The van der Waals surface area contributed by atoms with Crippen molar-refractivity contribution in [3.63, 3.8) is 0 Å². The van der Waals surface area contributed by atoms with Crippen molar-refractivity contribution in [2.24, 2.45) is 0 Å². The number of rotatable bonds is 2. The second kappa shape index (κ2) is 7.71. The summed E-state index contributed by atoms with van der Waals surface area (Å²) in [5, 5.41) is 2.75. The van der Waals surface area contributed by atoms with Gasteiger partial charge in [-0.25, -0.2) is 0 Å². The van der Waals surface area contributed by atoms with Gasteiger partial charge < -0.3 is 16.0 Å². The Labute approximate surface area is 109 Å². The first kappa shape index (κ1) is 14.5. The van der Waals surface area contributed by atoms with Crippen LogP contribution in [0.3, 0.4) is 0 Å². The summed E-state index contributed by atoms with van der Waals surface area (Å²) in [4.78, 5) is 13.1. The van der Waals surface area contributed by atoms with Crippen LogP contribution in [0.5, 0.6) is 0 Å². The van der Waals surface area contributed by atoms with Crippen molar-refractivity contribution in [1.29, 1.82) is 0 Å². The number of carbonyl (C=O) groups excluding carboxylic acids is 1. The van der Waals surface area contributed by atoms with Crippen LogP contribution in [0, 0.1) is 0 Å². The number of nitrogen functional groups attached to an aromatic ring is 1. The molecule has 1 aromatic carbocycles. The Kier molecular flexibility index (Phi) is 6.22. The summed E-state index contributed by atoms with van der Waals surface area (Å²) < 4.78 is 0. The van der Waals surface area contributed by atoms with Crippen LogP contribution in [0.1, 0.15) is 29.6 Å². The number of piperidine rings is 1. The fourth-order valence-electron chi connectivity index (χ4n) is 2.01. The highest BCUT2D eigenvalue weighted by atomic mass is 16.1. The first-order valence-corrected chi connectivity index (χ1v) is 6.41. The molecule has 0 amide bonds. The van der Waals surface area contributed by atoms with Crippen LogP contribution in [0.25, 0.3) is 0 Å². The third-order valence-electron chi connectivity index (χ3n) is 2.92. The van der Waals surface area contributed by atoms with Crippen molar-refractivity contribution >= 4 is 17.7 Å². The number of hydrogen-bond donors (Lipinski definition) is 2. The minimum Gasteiger partial charge on any atom is -0.398 e. The summed E-state index contributed by atoms with van der Waals surface area (Å²) in [6, 6.07) is 5.69. The molecule has 1 aliphatic heterocycles. The van der Waals surface area contributed by atoms with Crippen LogP contribution < -0.4 is 16.0 Å². The number of nitrogens with one attached hydrogen (secondary N) is 1. The van der Waals surface area contributed by atoms with Gasteiger partial charge in [-0.1, -0.05) is 0 Å². The third-order valence-corrected chi connectivity index (χ3v) is 2.92.